The quantitative estimate of drug-likeness (QED) is 0.897. The Labute approximate surface area is 145 Å². The van der Waals surface area contributed by atoms with Crippen molar-refractivity contribution in [2.24, 2.45) is 0 Å². The molecule has 7 heteroatoms. The van der Waals surface area contributed by atoms with Crippen LogP contribution in [0.15, 0.2) is 33.6 Å². The van der Waals surface area contributed by atoms with Crippen molar-refractivity contribution in [1.82, 2.24) is 14.8 Å². The van der Waals surface area contributed by atoms with E-state index in [0.717, 1.165) is 0 Å². The highest BCUT2D eigenvalue weighted by molar-refractivity contribution is 5.96. The minimum atomic E-state index is -0.241. The van der Waals surface area contributed by atoms with Crippen LogP contribution in [0.3, 0.4) is 0 Å². The standard InChI is InChI=1S/C18H21N3O4/c1-12-10-15(13(2)25-12)18(24)21-7-3-6-20(8-9-21)17(23)14-4-5-16(22)19-11-14/h4-5,10-11H,3,6-9H2,1-2H3,(H,19,22). The first-order valence-corrected chi connectivity index (χ1v) is 8.30. The second-order valence-electron chi connectivity index (χ2n) is 6.21. The number of aromatic nitrogens is 1. The molecular formula is C18H21N3O4. The topological polar surface area (TPSA) is 86.6 Å². The molecule has 0 aromatic carbocycles. The minimum Gasteiger partial charge on any atom is -0.466 e. The number of aromatic amines is 1. The summed E-state index contributed by atoms with van der Waals surface area (Å²) in [6.45, 7) is 5.70. The number of H-pyrrole nitrogens is 1. The van der Waals surface area contributed by atoms with Gasteiger partial charge in [0.05, 0.1) is 11.1 Å². The normalized spacial score (nSPS) is 15.1. The molecule has 0 unspecified atom stereocenters. The average molecular weight is 343 g/mol. The summed E-state index contributed by atoms with van der Waals surface area (Å²) in [6, 6.07) is 4.61. The van der Waals surface area contributed by atoms with E-state index >= 15 is 0 Å². The molecule has 2 aromatic rings. The van der Waals surface area contributed by atoms with Crippen LogP contribution in [0.1, 0.15) is 38.7 Å². The molecule has 1 saturated heterocycles. The van der Waals surface area contributed by atoms with Gasteiger partial charge in [-0.2, -0.15) is 0 Å². The van der Waals surface area contributed by atoms with Crippen molar-refractivity contribution in [2.45, 2.75) is 20.3 Å². The Morgan fingerprint density at radius 2 is 1.72 bits per heavy atom. The van der Waals surface area contributed by atoms with E-state index in [9.17, 15) is 14.4 Å². The fraction of sp³-hybridized carbons (Fsp3) is 0.389. The monoisotopic (exact) mass is 343 g/mol. The van der Waals surface area contributed by atoms with Crippen LogP contribution in [0.4, 0.5) is 0 Å². The third kappa shape index (κ3) is 3.65. The van der Waals surface area contributed by atoms with Crippen LogP contribution < -0.4 is 5.56 Å². The molecule has 132 valence electrons. The molecule has 1 fully saturated rings. The lowest BCUT2D eigenvalue weighted by atomic mass is 10.2. The van der Waals surface area contributed by atoms with E-state index in [1.165, 1.54) is 18.3 Å². The van der Waals surface area contributed by atoms with Gasteiger partial charge in [0.2, 0.25) is 5.56 Å². The zero-order valence-electron chi connectivity index (χ0n) is 14.4. The molecule has 1 aliphatic heterocycles. The number of hydrogen-bond donors (Lipinski definition) is 1. The zero-order valence-corrected chi connectivity index (χ0v) is 14.4. The molecule has 0 bridgehead atoms. The van der Waals surface area contributed by atoms with E-state index in [0.29, 0.717) is 55.2 Å². The Kier molecular flexibility index (Phi) is 4.74. The second kappa shape index (κ2) is 6.96. The highest BCUT2D eigenvalue weighted by Crippen LogP contribution is 2.17. The molecule has 0 atom stereocenters. The van der Waals surface area contributed by atoms with E-state index in [1.54, 1.807) is 22.8 Å². The molecule has 0 aliphatic carbocycles. The van der Waals surface area contributed by atoms with E-state index in [1.807, 2.05) is 6.92 Å². The number of rotatable bonds is 2. The lowest BCUT2D eigenvalue weighted by Crippen LogP contribution is -2.37. The van der Waals surface area contributed by atoms with Crippen LogP contribution in [-0.4, -0.2) is 52.8 Å². The Morgan fingerprint density at radius 3 is 2.28 bits per heavy atom. The van der Waals surface area contributed by atoms with Gasteiger partial charge in [-0.05, 0) is 32.4 Å². The van der Waals surface area contributed by atoms with Crippen LogP contribution in [0, 0.1) is 13.8 Å². The summed E-state index contributed by atoms with van der Waals surface area (Å²) < 4.78 is 5.44. The molecule has 0 radical (unpaired) electrons. The molecule has 1 aliphatic rings. The van der Waals surface area contributed by atoms with Crippen LogP contribution in [-0.2, 0) is 0 Å². The number of hydrogen-bond acceptors (Lipinski definition) is 4. The fourth-order valence-corrected chi connectivity index (χ4v) is 3.06. The Balaban J connectivity index is 1.68. The van der Waals surface area contributed by atoms with E-state index in [2.05, 4.69) is 4.98 Å². The predicted octanol–water partition coefficient (Wildman–Crippen LogP) is 1.57. The summed E-state index contributed by atoms with van der Waals surface area (Å²) >= 11 is 0. The zero-order chi connectivity index (χ0) is 18.0. The molecular weight excluding hydrogens is 322 g/mol. The Bertz CT molecular complexity index is 832. The molecule has 2 aromatic heterocycles. The lowest BCUT2D eigenvalue weighted by molar-refractivity contribution is 0.0717. The lowest BCUT2D eigenvalue weighted by Gasteiger charge is -2.22. The van der Waals surface area contributed by atoms with Crippen molar-refractivity contribution in [3.8, 4) is 0 Å². The van der Waals surface area contributed by atoms with Gasteiger partial charge in [-0.15, -0.1) is 0 Å². The summed E-state index contributed by atoms with van der Waals surface area (Å²) in [5.74, 6) is 1.13. The number of carbonyl (C=O) groups is 2. The number of amides is 2. The molecule has 0 saturated carbocycles. The Hall–Kier alpha value is -2.83. The minimum absolute atomic E-state index is 0.0623. The number of nitrogens with one attached hydrogen (secondary N) is 1. The molecule has 25 heavy (non-hydrogen) atoms. The van der Waals surface area contributed by atoms with Gasteiger partial charge in [-0.25, -0.2) is 0 Å². The maximum atomic E-state index is 12.7. The first kappa shape index (κ1) is 17.0. The van der Waals surface area contributed by atoms with Gasteiger partial charge in [0, 0.05) is 38.4 Å². The highest BCUT2D eigenvalue weighted by atomic mass is 16.3. The summed E-state index contributed by atoms with van der Waals surface area (Å²) in [4.78, 5) is 42.4. The van der Waals surface area contributed by atoms with Gasteiger partial charge in [0.1, 0.15) is 11.5 Å². The van der Waals surface area contributed by atoms with Gasteiger partial charge in [-0.3, -0.25) is 14.4 Å². The molecule has 3 heterocycles. The fourth-order valence-electron chi connectivity index (χ4n) is 3.06. The first-order valence-electron chi connectivity index (χ1n) is 8.30. The van der Waals surface area contributed by atoms with Crippen molar-refractivity contribution >= 4 is 11.8 Å². The van der Waals surface area contributed by atoms with Gasteiger partial charge in [-0.1, -0.05) is 0 Å². The number of nitrogens with zero attached hydrogens (tertiary/aromatic N) is 2. The summed E-state index contributed by atoms with van der Waals surface area (Å²) in [7, 11) is 0. The largest absolute Gasteiger partial charge is 0.466 e. The van der Waals surface area contributed by atoms with Crippen LogP contribution in [0.2, 0.25) is 0 Å². The van der Waals surface area contributed by atoms with Gasteiger partial charge < -0.3 is 19.2 Å². The van der Waals surface area contributed by atoms with Gasteiger partial charge >= 0.3 is 0 Å². The first-order chi connectivity index (χ1) is 12.0. The predicted molar refractivity (Wildman–Crippen MR) is 91.7 cm³/mol. The van der Waals surface area contributed by atoms with Crippen LogP contribution in [0.5, 0.6) is 0 Å². The molecule has 2 amide bonds. The molecule has 1 N–H and O–H groups in total. The second-order valence-corrected chi connectivity index (χ2v) is 6.21. The van der Waals surface area contributed by atoms with Gasteiger partial charge in [0.15, 0.2) is 0 Å². The summed E-state index contributed by atoms with van der Waals surface area (Å²) in [5.41, 5.74) is 0.786. The SMILES string of the molecule is Cc1cc(C(=O)N2CCCN(C(=O)c3ccc(=O)[nH]c3)CC2)c(C)o1. The number of pyridine rings is 1. The van der Waals surface area contributed by atoms with E-state index < -0.39 is 0 Å². The van der Waals surface area contributed by atoms with E-state index in [-0.39, 0.29) is 17.4 Å². The van der Waals surface area contributed by atoms with Crippen molar-refractivity contribution in [3.05, 3.63) is 57.4 Å². The highest BCUT2D eigenvalue weighted by Gasteiger charge is 2.25. The van der Waals surface area contributed by atoms with Crippen molar-refractivity contribution < 1.29 is 14.0 Å². The molecule has 7 nitrogen and oxygen atoms in total. The van der Waals surface area contributed by atoms with Crippen LogP contribution >= 0.6 is 0 Å². The number of furan rings is 1. The molecule has 0 spiro atoms. The van der Waals surface area contributed by atoms with Crippen LogP contribution in [0.25, 0.3) is 0 Å². The maximum absolute atomic E-state index is 12.7. The average Bonchev–Trinajstić information content (AvgIpc) is 2.80. The summed E-state index contributed by atoms with van der Waals surface area (Å²) in [5, 5.41) is 0. The van der Waals surface area contributed by atoms with Crippen molar-refractivity contribution in [1.29, 1.82) is 0 Å². The van der Waals surface area contributed by atoms with E-state index in [4.69, 9.17) is 4.42 Å². The smallest absolute Gasteiger partial charge is 0.257 e. The van der Waals surface area contributed by atoms with Gasteiger partial charge in [0.25, 0.3) is 11.8 Å². The third-order valence-electron chi connectivity index (χ3n) is 4.37. The molecule has 3 rings (SSSR count). The van der Waals surface area contributed by atoms with Crippen molar-refractivity contribution in [2.75, 3.05) is 26.2 Å². The summed E-state index contributed by atoms with van der Waals surface area (Å²) in [6.07, 6.45) is 2.13. The maximum Gasteiger partial charge on any atom is 0.257 e. The number of carbonyl (C=O) groups excluding carboxylic acids is 2. The number of aryl methyl sites for hydroxylation is 2. The van der Waals surface area contributed by atoms with Crippen molar-refractivity contribution in [3.63, 3.8) is 0 Å². The Morgan fingerprint density at radius 1 is 1.04 bits per heavy atom. The third-order valence-corrected chi connectivity index (χ3v) is 4.37.